The molecule has 4 heterocycles. The highest BCUT2D eigenvalue weighted by atomic mass is 19.4. The number of halogens is 14. The van der Waals surface area contributed by atoms with Gasteiger partial charge in [0.2, 0.25) is 11.8 Å². The van der Waals surface area contributed by atoms with Crippen molar-refractivity contribution in [3.63, 3.8) is 0 Å². The molecule has 2 aliphatic heterocycles. The number of nitrogens with zero attached hydrogens (tertiary/aromatic N) is 8. The van der Waals surface area contributed by atoms with Crippen LogP contribution in [0.4, 0.5) is 61.5 Å². The monoisotopic (exact) mass is 1190 g/mol. The Morgan fingerprint density at radius 1 is 0.536 bits per heavy atom. The van der Waals surface area contributed by atoms with Gasteiger partial charge in [0.15, 0.2) is 5.82 Å². The molecule has 4 fully saturated rings. The molecule has 2 saturated heterocycles. The first-order valence-electron chi connectivity index (χ1n) is 27.3. The number of aromatic nitrogens is 6. The van der Waals surface area contributed by atoms with Crippen LogP contribution >= 0.6 is 0 Å². The number of carbonyl (C=O) groups excluding carboxylic acids is 2. The predicted octanol–water partition coefficient (Wildman–Crippen LogP) is 12.0. The van der Waals surface area contributed by atoms with E-state index < -0.39 is 82.7 Å². The van der Waals surface area contributed by atoms with Gasteiger partial charge in [-0.2, -0.15) is 62.9 Å². The molecule has 0 radical (unpaired) electrons. The lowest BCUT2D eigenvalue weighted by atomic mass is 9.83. The lowest BCUT2D eigenvalue weighted by Crippen LogP contribution is -2.46. The van der Waals surface area contributed by atoms with E-state index in [0.29, 0.717) is 80.5 Å². The third-order valence-corrected chi connectivity index (χ3v) is 17.0. The molecular formula is C58H60F14N10O2. The Hall–Kier alpha value is -6.96. The molecule has 4 aliphatic rings. The molecule has 2 aliphatic carbocycles. The molecule has 10 rings (SSSR count). The van der Waals surface area contributed by atoms with Crippen LogP contribution in [0.15, 0.2) is 97.6 Å². The van der Waals surface area contributed by atoms with Crippen LogP contribution in [0, 0.1) is 11.6 Å². The van der Waals surface area contributed by atoms with Crippen molar-refractivity contribution in [2.45, 2.75) is 137 Å². The fourth-order valence-corrected chi connectivity index (χ4v) is 12.6. The maximum Gasteiger partial charge on any atom is 0.416 e. The van der Waals surface area contributed by atoms with Crippen molar-refractivity contribution in [2.75, 3.05) is 26.2 Å². The maximum atomic E-state index is 13.8. The molecule has 2 amide bonds. The third-order valence-electron chi connectivity index (χ3n) is 17.0. The van der Waals surface area contributed by atoms with Crippen molar-refractivity contribution < 1.29 is 71.1 Å². The first-order valence-corrected chi connectivity index (χ1v) is 27.3. The van der Waals surface area contributed by atoms with E-state index in [1.54, 1.807) is 38.4 Å². The first kappa shape index (κ1) is 61.6. The molecule has 4 unspecified atom stereocenters. The minimum absolute atomic E-state index is 0.0131. The van der Waals surface area contributed by atoms with Gasteiger partial charge in [0.1, 0.15) is 40.9 Å². The first-order chi connectivity index (χ1) is 39.5. The summed E-state index contributed by atoms with van der Waals surface area (Å²) in [6.45, 7) is 2.05. The summed E-state index contributed by atoms with van der Waals surface area (Å²) in [5.74, 6) is -0.374. The molecule has 0 bridgehead atoms. The van der Waals surface area contributed by atoms with Crippen molar-refractivity contribution in [1.82, 2.24) is 50.0 Å². The van der Waals surface area contributed by atoms with Gasteiger partial charge in [0, 0.05) is 39.3 Å². The van der Waals surface area contributed by atoms with Crippen LogP contribution < -0.4 is 10.6 Å². The Morgan fingerprint density at radius 2 is 0.917 bits per heavy atom. The topological polar surface area (TPSA) is 126 Å². The van der Waals surface area contributed by atoms with Crippen LogP contribution in [0.3, 0.4) is 0 Å². The van der Waals surface area contributed by atoms with Gasteiger partial charge >= 0.3 is 24.7 Å². The lowest BCUT2D eigenvalue weighted by Gasteiger charge is -2.37. The van der Waals surface area contributed by atoms with Gasteiger partial charge in [-0.05, 0) is 185 Å². The van der Waals surface area contributed by atoms with Crippen LogP contribution in [-0.4, -0.2) is 89.4 Å². The number of benzene rings is 4. The van der Waals surface area contributed by atoms with E-state index in [4.69, 9.17) is 0 Å². The Kier molecular flexibility index (Phi) is 17.7. The molecular weight excluding hydrogens is 1130 g/mol. The second-order valence-electron chi connectivity index (χ2n) is 22.3. The second-order valence-corrected chi connectivity index (χ2v) is 22.3. The minimum atomic E-state index is -4.98. The Balaban J connectivity index is 0.000000202. The number of hydrogen-bond donors (Lipinski definition) is 2. The quantitative estimate of drug-likeness (QED) is 0.116. The van der Waals surface area contributed by atoms with Gasteiger partial charge in [-0.1, -0.05) is 24.3 Å². The molecule has 2 saturated carbocycles. The summed E-state index contributed by atoms with van der Waals surface area (Å²) >= 11 is 0. The third kappa shape index (κ3) is 13.9. The van der Waals surface area contributed by atoms with Crippen LogP contribution in [0.1, 0.15) is 132 Å². The maximum absolute atomic E-state index is 13.8. The second kappa shape index (κ2) is 24.2. The zero-order valence-electron chi connectivity index (χ0n) is 45.5. The largest absolute Gasteiger partial charge is 0.416 e. The average Bonchev–Trinajstić information content (AvgIpc) is 2.35. The highest BCUT2D eigenvalue weighted by Crippen LogP contribution is 2.46. The van der Waals surface area contributed by atoms with Gasteiger partial charge in [0.05, 0.1) is 22.3 Å². The Bertz CT molecular complexity index is 3190. The molecule has 84 heavy (non-hydrogen) atoms. The summed E-state index contributed by atoms with van der Waals surface area (Å²) in [6, 6.07) is 15.6. The zero-order chi connectivity index (χ0) is 60.6. The van der Waals surface area contributed by atoms with Crippen LogP contribution in [0.25, 0.3) is 0 Å². The van der Waals surface area contributed by atoms with E-state index in [-0.39, 0.29) is 52.8 Å². The summed E-state index contributed by atoms with van der Waals surface area (Å²) in [7, 11) is 3.29. The fourth-order valence-electron chi connectivity index (χ4n) is 12.6. The highest BCUT2D eigenvalue weighted by molar-refractivity contribution is 5.88. The van der Waals surface area contributed by atoms with Gasteiger partial charge < -0.3 is 20.4 Å². The van der Waals surface area contributed by atoms with E-state index >= 15 is 0 Å². The van der Waals surface area contributed by atoms with Crippen molar-refractivity contribution in [3.05, 3.63) is 165 Å². The smallest absolute Gasteiger partial charge is 0.351 e. The highest BCUT2D eigenvalue weighted by Gasteiger charge is 2.53. The summed E-state index contributed by atoms with van der Waals surface area (Å²) in [4.78, 5) is 40.7. The summed E-state index contributed by atoms with van der Waals surface area (Å²) < 4.78 is 190. The lowest BCUT2D eigenvalue weighted by molar-refractivity contribution is -0.144. The molecule has 2 aromatic heterocycles. The number of likely N-dealkylation sites (tertiary alicyclic amines) is 2. The van der Waals surface area contributed by atoms with Crippen molar-refractivity contribution >= 4 is 11.8 Å². The van der Waals surface area contributed by atoms with Crippen LogP contribution in [0.5, 0.6) is 0 Å². The number of hydrogen-bond acceptors (Lipinski definition) is 8. The molecule has 6 aromatic rings. The number of amides is 2. The fraction of sp³-hybridized carbons (Fsp3) is 0.483. The van der Waals surface area contributed by atoms with Crippen molar-refractivity contribution in [3.8, 4) is 0 Å². The number of nitrogens with one attached hydrogen (secondary N) is 2. The number of carbonyl (C=O) groups is 2. The summed E-state index contributed by atoms with van der Waals surface area (Å²) in [6.07, 6.45) is -10.9. The van der Waals surface area contributed by atoms with E-state index in [9.17, 15) is 71.1 Å². The summed E-state index contributed by atoms with van der Waals surface area (Å²) in [5.41, 5.74) is -6.55. The van der Waals surface area contributed by atoms with Gasteiger partial charge in [-0.25, -0.2) is 18.7 Å². The van der Waals surface area contributed by atoms with Crippen LogP contribution in [0.2, 0.25) is 0 Å². The molecule has 26 heteroatoms. The van der Waals surface area contributed by atoms with Crippen molar-refractivity contribution in [2.24, 2.45) is 14.1 Å². The average molecular weight is 1200 g/mol. The molecule has 0 spiro atoms. The van der Waals surface area contributed by atoms with Gasteiger partial charge in [0.25, 0.3) is 0 Å². The number of rotatable bonds is 12. The number of piperidine rings is 2. The molecule has 452 valence electrons. The van der Waals surface area contributed by atoms with Crippen molar-refractivity contribution in [1.29, 1.82) is 0 Å². The van der Waals surface area contributed by atoms with Gasteiger partial charge in [-0.15, -0.1) is 0 Å². The Labute approximate surface area is 474 Å². The predicted molar refractivity (Wildman–Crippen MR) is 277 cm³/mol. The van der Waals surface area contributed by atoms with E-state index in [1.807, 2.05) is 0 Å². The standard InChI is InChI=1S/2C29H30F7N5O/c1-40-17-38-25(39-40)27(26(42)37-16-18-12-21(28(31,32)33)14-22(13-18)29(34,35)36)9-6-24(15-27)41-10-7-20(8-11-41)19-2-4-23(30)5-3-19;1-40-25(38-17-39-40)27(26(42)37-16-18-12-21(28(31,32)33)14-22(13-18)29(34,35)36)9-6-24(15-27)41-10-7-20(8-11-41)19-2-4-23(30)5-3-19/h2*2-5,12-14,17,20,24H,6-11,15-16H2,1H3,(H,37,42). The van der Waals surface area contributed by atoms with E-state index in [2.05, 4.69) is 40.6 Å². The Morgan fingerprint density at radius 3 is 1.27 bits per heavy atom. The molecule has 4 atom stereocenters. The zero-order valence-corrected chi connectivity index (χ0v) is 45.5. The molecule has 2 N–H and O–H groups in total. The van der Waals surface area contributed by atoms with E-state index in [0.717, 1.165) is 63.0 Å². The van der Waals surface area contributed by atoms with Gasteiger partial charge in [-0.3, -0.25) is 19.0 Å². The van der Waals surface area contributed by atoms with Crippen LogP contribution in [-0.2, 0) is 72.3 Å². The normalized spacial score (nSPS) is 22.4. The van der Waals surface area contributed by atoms with E-state index in [1.165, 1.54) is 46.3 Å². The number of alkyl halides is 12. The number of aryl methyl sites for hydroxylation is 2. The molecule has 12 nitrogen and oxygen atoms in total. The summed E-state index contributed by atoms with van der Waals surface area (Å²) in [5, 5.41) is 13.7. The SMILES string of the molecule is Cn1cnc(C2(C(=O)NCc3cc(C(F)(F)F)cc(C(F)(F)F)c3)CCC(N3CCC(c4ccc(F)cc4)CC3)C2)n1.Cn1ncnc1C1(C(=O)NCc2cc(C(F)(F)F)cc(C(F)(F)F)c2)CCC(N2CCC(c3ccc(F)cc3)CC2)C1. The molecule has 4 aromatic carbocycles. The minimum Gasteiger partial charge on any atom is -0.351 e.